The van der Waals surface area contributed by atoms with E-state index in [9.17, 15) is 18.0 Å². The van der Waals surface area contributed by atoms with Gasteiger partial charge >= 0.3 is 0 Å². The van der Waals surface area contributed by atoms with E-state index in [0.717, 1.165) is 5.56 Å². The smallest absolute Gasteiger partial charge is 0.244 e. The van der Waals surface area contributed by atoms with Crippen molar-refractivity contribution in [3.05, 3.63) is 29.8 Å². The summed E-state index contributed by atoms with van der Waals surface area (Å²) in [6.45, 7) is 0.286. The van der Waals surface area contributed by atoms with Gasteiger partial charge < -0.3 is 10.2 Å². The Hall–Kier alpha value is -1.89. The number of hydrogen-bond acceptors (Lipinski definition) is 4. The minimum Gasteiger partial charge on any atom is -0.329 e. The van der Waals surface area contributed by atoms with Gasteiger partial charge in [-0.2, -0.15) is 0 Å². The average Bonchev–Trinajstić information content (AvgIpc) is 2.70. The molecule has 0 saturated carbocycles. The van der Waals surface area contributed by atoms with Gasteiger partial charge in [0.15, 0.2) is 9.84 Å². The molecule has 2 aliphatic rings. The number of sulfone groups is 1. The summed E-state index contributed by atoms with van der Waals surface area (Å²) in [5.41, 5.74) is 1.56. The summed E-state index contributed by atoms with van der Waals surface area (Å²) in [6, 6.07) is 7.31. The van der Waals surface area contributed by atoms with Gasteiger partial charge in [0.2, 0.25) is 11.8 Å². The molecule has 1 N–H and O–H groups in total. The zero-order chi connectivity index (χ0) is 15.0. The van der Waals surface area contributed by atoms with Crippen molar-refractivity contribution in [2.75, 3.05) is 23.4 Å². The fourth-order valence-electron chi connectivity index (χ4n) is 2.81. The first kappa shape index (κ1) is 14.1. The molecular formula is C14H16N2O4S. The molecule has 3 rings (SSSR count). The van der Waals surface area contributed by atoms with Gasteiger partial charge in [-0.3, -0.25) is 9.59 Å². The number of amides is 2. The third-order valence-electron chi connectivity index (χ3n) is 3.88. The first-order valence-corrected chi connectivity index (χ1v) is 8.64. The second-order valence-corrected chi connectivity index (χ2v) is 7.73. The van der Waals surface area contributed by atoms with Gasteiger partial charge in [0, 0.05) is 12.2 Å². The van der Waals surface area contributed by atoms with Crippen molar-refractivity contribution in [3.63, 3.8) is 0 Å². The van der Waals surface area contributed by atoms with Crippen LogP contribution >= 0.6 is 0 Å². The maximum Gasteiger partial charge on any atom is 0.244 e. The van der Waals surface area contributed by atoms with Crippen molar-refractivity contribution in [3.8, 4) is 0 Å². The summed E-state index contributed by atoms with van der Waals surface area (Å²) in [7, 11) is -3.11. The van der Waals surface area contributed by atoms with E-state index in [1.165, 1.54) is 4.90 Å². The molecule has 2 amide bonds. The summed E-state index contributed by atoms with van der Waals surface area (Å²) in [4.78, 5) is 25.8. The van der Waals surface area contributed by atoms with Crippen LogP contribution in [0, 0.1) is 5.92 Å². The van der Waals surface area contributed by atoms with Crippen LogP contribution in [-0.2, 0) is 26.0 Å². The molecule has 0 radical (unpaired) electrons. The van der Waals surface area contributed by atoms with Crippen LogP contribution < -0.4 is 5.32 Å². The molecule has 0 spiro atoms. The standard InChI is InChI=1S/C14H16N2O4S/c17-13-8-16(7-10-3-1-2-4-12(10)15-13)14(18)11-5-6-21(19,20)9-11/h1-4,11H,5-9H2,(H,15,17). The van der Waals surface area contributed by atoms with Crippen LogP contribution in [0.15, 0.2) is 24.3 Å². The molecule has 0 aromatic heterocycles. The normalized spacial score (nSPS) is 24.1. The molecule has 0 aliphatic carbocycles. The lowest BCUT2D eigenvalue weighted by atomic mass is 10.1. The molecular weight excluding hydrogens is 292 g/mol. The van der Waals surface area contributed by atoms with Crippen LogP contribution in [0.25, 0.3) is 0 Å². The van der Waals surface area contributed by atoms with Crippen LogP contribution in [0.1, 0.15) is 12.0 Å². The molecule has 0 bridgehead atoms. The predicted octanol–water partition coefficient (Wildman–Crippen LogP) is 0.402. The molecule has 2 aliphatic heterocycles. The molecule has 112 valence electrons. The number of para-hydroxylation sites is 1. The van der Waals surface area contributed by atoms with Crippen molar-refractivity contribution >= 4 is 27.3 Å². The molecule has 1 fully saturated rings. The lowest BCUT2D eigenvalue weighted by molar-refractivity contribution is -0.138. The lowest BCUT2D eigenvalue weighted by Crippen LogP contribution is -2.39. The number of rotatable bonds is 1. The molecule has 2 heterocycles. The maximum absolute atomic E-state index is 12.5. The average molecular weight is 308 g/mol. The Morgan fingerprint density at radius 3 is 2.71 bits per heavy atom. The molecule has 1 aromatic rings. The zero-order valence-electron chi connectivity index (χ0n) is 11.4. The van der Waals surface area contributed by atoms with E-state index in [2.05, 4.69) is 5.32 Å². The van der Waals surface area contributed by atoms with Gasteiger partial charge in [0.1, 0.15) is 6.54 Å². The first-order valence-electron chi connectivity index (χ1n) is 6.81. The molecule has 1 saturated heterocycles. The Morgan fingerprint density at radius 2 is 2.00 bits per heavy atom. The molecule has 1 aromatic carbocycles. The van der Waals surface area contributed by atoms with Gasteiger partial charge in [-0.15, -0.1) is 0 Å². The fraction of sp³-hybridized carbons (Fsp3) is 0.429. The van der Waals surface area contributed by atoms with Crippen molar-refractivity contribution in [1.29, 1.82) is 0 Å². The third-order valence-corrected chi connectivity index (χ3v) is 5.65. The summed E-state index contributed by atoms with van der Waals surface area (Å²) >= 11 is 0. The Kier molecular flexibility index (Phi) is 3.44. The number of nitrogens with one attached hydrogen (secondary N) is 1. The van der Waals surface area contributed by atoms with Crippen LogP contribution in [0.4, 0.5) is 5.69 Å². The number of carbonyl (C=O) groups is 2. The largest absolute Gasteiger partial charge is 0.329 e. The third kappa shape index (κ3) is 2.92. The number of anilines is 1. The van der Waals surface area contributed by atoms with Gasteiger partial charge in [-0.1, -0.05) is 18.2 Å². The van der Waals surface area contributed by atoms with Gasteiger partial charge in [-0.05, 0) is 18.1 Å². The van der Waals surface area contributed by atoms with Gasteiger partial charge in [-0.25, -0.2) is 8.42 Å². The highest BCUT2D eigenvalue weighted by Gasteiger charge is 2.36. The molecule has 6 nitrogen and oxygen atoms in total. The van der Waals surface area contributed by atoms with E-state index in [-0.39, 0.29) is 29.9 Å². The quantitative estimate of drug-likeness (QED) is 0.814. The number of nitrogens with zero attached hydrogens (tertiary/aromatic N) is 1. The minimum atomic E-state index is -3.11. The topological polar surface area (TPSA) is 83.6 Å². The van der Waals surface area contributed by atoms with Crippen molar-refractivity contribution in [1.82, 2.24) is 4.90 Å². The van der Waals surface area contributed by atoms with Crippen LogP contribution in [-0.4, -0.2) is 43.2 Å². The van der Waals surface area contributed by atoms with E-state index in [4.69, 9.17) is 0 Å². The monoisotopic (exact) mass is 308 g/mol. The van der Waals surface area contributed by atoms with Crippen molar-refractivity contribution in [2.24, 2.45) is 5.92 Å². The minimum absolute atomic E-state index is 0.0376. The Balaban J connectivity index is 1.82. The van der Waals surface area contributed by atoms with Crippen molar-refractivity contribution in [2.45, 2.75) is 13.0 Å². The second-order valence-electron chi connectivity index (χ2n) is 5.50. The number of fused-ring (bicyclic) bond motifs is 1. The highest BCUT2D eigenvalue weighted by Crippen LogP contribution is 2.25. The van der Waals surface area contributed by atoms with Gasteiger partial charge in [0.25, 0.3) is 0 Å². The van der Waals surface area contributed by atoms with E-state index in [1.807, 2.05) is 18.2 Å². The van der Waals surface area contributed by atoms with Crippen LogP contribution in [0.2, 0.25) is 0 Å². The van der Waals surface area contributed by atoms with E-state index in [1.54, 1.807) is 6.07 Å². The predicted molar refractivity (Wildman–Crippen MR) is 77.2 cm³/mol. The number of benzene rings is 1. The second kappa shape index (κ2) is 5.14. The SMILES string of the molecule is O=C1CN(C(=O)C2CCS(=O)(=O)C2)Cc2ccccc2N1. The van der Waals surface area contributed by atoms with Crippen LogP contribution in [0.3, 0.4) is 0 Å². The summed E-state index contributed by atoms with van der Waals surface area (Å²) < 4.78 is 23.0. The summed E-state index contributed by atoms with van der Waals surface area (Å²) in [5, 5.41) is 2.76. The van der Waals surface area contributed by atoms with E-state index in [0.29, 0.717) is 18.7 Å². The summed E-state index contributed by atoms with van der Waals surface area (Å²) in [6.07, 6.45) is 0.348. The first-order chi connectivity index (χ1) is 9.94. The Labute approximate surface area is 123 Å². The molecule has 1 unspecified atom stereocenters. The maximum atomic E-state index is 12.5. The number of hydrogen-bond donors (Lipinski definition) is 1. The van der Waals surface area contributed by atoms with Crippen molar-refractivity contribution < 1.29 is 18.0 Å². The van der Waals surface area contributed by atoms with Crippen LogP contribution in [0.5, 0.6) is 0 Å². The molecule has 1 atom stereocenters. The highest BCUT2D eigenvalue weighted by atomic mass is 32.2. The molecule has 7 heteroatoms. The number of carbonyl (C=O) groups excluding carboxylic acids is 2. The zero-order valence-corrected chi connectivity index (χ0v) is 12.2. The summed E-state index contributed by atoms with van der Waals surface area (Å²) in [5.74, 6) is -1.07. The lowest BCUT2D eigenvalue weighted by Gasteiger charge is -2.22. The Morgan fingerprint density at radius 1 is 1.24 bits per heavy atom. The molecule has 21 heavy (non-hydrogen) atoms. The Bertz CT molecular complexity index is 699. The van der Waals surface area contributed by atoms with Gasteiger partial charge in [0.05, 0.1) is 17.4 Å². The highest BCUT2D eigenvalue weighted by molar-refractivity contribution is 7.91. The van der Waals surface area contributed by atoms with E-state index < -0.39 is 15.8 Å². The fourth-order valence-corrected chi connectivity index (χ4v) is 4.54. The van der Waals surface area contributed by atoms with E-state index >= 15 is 0 Å².